The third-order valence-electron chi connectivity index (χ3n) is 2.77. The minimum Gasteiger partial charge on any atom is -0.449 e. The van der Waals surface area contributed by atoms with E-state index in [4.69, 9.17) is 11.2 Å². The van der Waals surface area contributed by atoms with E-state index in [0.29, 0.717) is 0 Å². The maximum Gasteiger partial charge on any atom is 0.309 e. The van der Waals surface area contributed by atoms with E-state index in [1.165, 1.54) is 6.92 Å². The van der Waals surface area contributed by atoms with Crippen LogP contribution < -0.4 is 5.32 Å². The van der Waals surface area contributed by atoms with E-state index in [-0.39, 0.29) is 12.3 Å². The van der Waals surface area contributed by atoms with Crippen LogP contribution >= 0.6 is 0 Å². The predicted molar refractivity (Wildman–Crippen MR) is 76.7 cm³/mol. The number of esters is 1. The van der Waals surface area contributed by atoms with Crippen molar-refractivity contribution in [2.75, 3.05) is 0 Å². The molecule has 0 aliphatic rings. The van der Waals surface area contributed by atoms with Crippen LogP contribution in [0.2, 0.25) is 0 Å². The summed E-state index contributed by atoms with van der Waals surface area (Å²) in [6.07, 6.45) is 4.64. The maximum absolute atomic E-state index is 11.8. The van der Waals surface area contributed by atoms with Crippen LogP contribution in [0.3, 0.4) is 0 Å². The van der Waals surface area contributed by atoms with E-state index in [9.17, 15) is 9.59 Å². The van der Waals surface area contributed by atoms with Crippen molar-refractivity contribution in [1.29, 1.82) is 0 Å². The Labute approximate surface area is 119 Å². The molecular weight excluding hydrogens is 254 g/mol. The summed E-state index contributed by atoms with van der Waals surface area (Å²) in [5, 5.41) is 2.75. The van der Waals surface area contributed by atoms with Crippen LogP contribution in [0, 0.1) is 19.3 Å². The van der Waals surface area contributed by atoms with Crippen molar-refractivity contribution in [3.05, 3.63) is 35.4 Å². The summed E-state index contributed by atoms with van der Waals surface area (Å²) in [4.78, 5) is 23.0. The fourth-order valence-electron chi connectivity index (χ4n) is 1.74. The molecule has 0 aromatic heterocycles. The van der Waals surface area contributed by atoms with Gasteiger partial charge in [0, 0.05) is 6.92 Å². The van der Waals surface area contributed by atoms with Crippen molar-refractivity contribution in [2.24, 2.45) is 0 Å². The Kier molecular flexibility index (Phi) is 5.79. The Balaban J connectivity index is 2.80. The van der Waals surface area contributed by atoms with Gasteiger partial charge in [0.05, 0.1) is 12.5 Å². The Morgan fingerprint density at radius 2 is 1.95 bits per heavy atom. The first-order chi connectivity index (χ1) is 9.42. The summed E-state index contributed by atoms with van der Waals surface area (Å²) >= 11 is 0. The molecule has 2 atom stereocenters. The van der Waals surface area contributed by atoms with Gasteiger partial charge in [0.1, 0.15) is 0 Å². The van der Waals surface area contributed by atoms with E-state index < -0.39 is 18.1 Å². The molecule has 1 N–H and O–H groups in total. The molecule has 0 saturated carbocycles. The molecule has 2 unspecified atom stereocenters. The monoisotopic (exact) mass is 273 g/mol. The Morgan fingerprint density at radius 3 is 2.45 bits per heavy atom. The highest BCUT2D eigenvalue weighted by Gasteiger charge is 2.19. The molecule has 0 radical (unpaired) electrons. The van der Waals surface area contributed by atoms with Gasteiger partial charge in [-0.15, -0.1) is 6.42 Å². The molecule has 1 amide bonds. The number of nitrogens with one attached hydrogen (secondary N) is 1. The average Bonchev–Trinajstić information content (AvgIpc) is 2.38. The number of rotatable bonds is 5. The topological polar surface area (TPSA) is 55.4 Å². The minimum atomic E-state index is -0.571. The van der Waals surface area contributed by atoms with Crippen LogP contribution in [0.1, 0.15) is 37.4 Å². The number of hydrogen-bond acceptors (Lipinski definition) is 3. The van der Waals surface area contributed by atoms with E-state index in [0.717, 1.165) is 11.1 Å². The van der Waals surface area contributed by atoms with Crippen LogP contribution in [0.4, 0.5) is 0 Å². The molecule has 0 saturated heterocycles. The molecule has 106 valence electrons. The molecule has 0 aliphatic heterocycles. The number of terminal acetylenes is 1. The first-order valence-corrected chi connectivity index (χ1v) is 6.41. The van der Waals surface area contributed by atoms with Crippen molar-refractivity contribution in [1.82, 2.24) is 5.32 Å². The first-order valence-electron chi connectivity index (χ1n) is 6.41. The van der Waals surface area contributed by atoms with Crippen LogP contribution in [0.25, 0.3) is 0 Å². The van der Waals surface area contributed by atoms with Gasteiger partial charge in [0.25, 0.3) is 0 Å². The number of hydrogen-bond donors (Lipinski definition) is 1. The van der Waals surface area contributed by atoms with Gasteiger partial charge in [-0.25, -0.2) is 0 Å². The maximum atomic E-state index is 11.8. The molecule has 1 aromatic rings. The van der Waals surface area contributed by atoms with Gasteiger partial charge in [-0.05, 0) is 19.4 Å². The lowest BCUT2D eigenvalue weighted by molar-refractivity contribution is -0.146. The van der Waals surface area contributed by atoms with Gasteiger partial charge in [-0.3, -0.25) is 9.59 Å². The third kappa shape index (κ3) is 5.15. The molecule has 0 heterocycles. The second kappa shape index (κ2) is 7.34. The molecule has 20 heavy (non-hydrogen) atoms. The highest BCUT2D eigenvalue weighted by atomic mass is 16.5. The van der Waals surface area contributed by atoms with Crippen LogP contribution in [0.15, 0.2) is 24.3 Å². The van der Waals surface area contributed by atoms with Gasteiger partial charge >= 0.3 is 5.97 Å². The molecule has 1 aromatic carbocycles. The van der Waals surface area contributed by atoms with Gasteiger partial charge in [0.15, 0.2) is 6.10 Å². The first kappa shape index (κ1) is 15.8. The smallest absolute Gasteiger partial charge is 0.309 e. The fourth-order valence-corrected chi connectivity index (χ4v) is 1.74. The standard InChI is InChI=1S/C16H19NO3/c1-5-12(3)20-16(19)10-15(17-13(4)18)14-8-6-11(2)7-9-14/h1,6-9,12,15H,10H2,2-4H3,(H,17,18). The second-order valence-electron chi connectivity index (χ2n) is 4.67. The van der Waals surface area contributed by atoms with Crippen molar-refractivity contribution in [2.45, 2.75) is 39.3 Å². The predicted octanol–water partition coefficient (Wildman–Crippen LogP) is 2.13. The number of carbonyl (C=O) groups is 2. The summed E-state index contributed by atoms with van der Waals surface area (Å²) in [6.45, 7) is 5.01. The zero-order valence-corrected chi connectivity index (χ0v) is 12.0. The number of amides is 1. The Morgan fingerprint density at radius 1 is 1.35 bits per heavy atom. The SMILES string of the molecule is C#CC(C)OC(=O)CC(NC(C)=O)c1ccc(C)cc1. The number of ether oxygens (including phenoxy) is 1. The van der Waals surface area contributed by atoms with E-state index in [1.54, 1.807) is 6.92 Å². The van der Waals surface area contributed by atoms with E-state index >= 15 is 0 Å². The Bertz CT molecular complexity index is 514. The lowest BCUT2D eigenvalue weighted by atomic mass is 10.0. The highest BCUT2D eigenvalue weighted by Crippen LogP contribution is 2.18. The lowest BCUT2D eigenvalue weighted by Gasteiger charge is -2.18. The molecule has 0 spiro atoms. The summed E-state index contributed by atoms with van der Waals surface area (Å²) in [5.74, 6) is 1.69. The summed E-state index contributed by atoms with van der Waals surface area (Å²) in [7, 11) is 0. The van der Waals surface area contributed by atoms with Crippen LogP contribution in [-0.4, -0.2) is 18.0 Å². The largest absolute Gasteiger partial charge is 0.449 e. The minimum absolute atomic E-state index is 0.0503. The normalized spacial score (nSPS) is 12.9. The van der Waals surface area contributed by atoms with Crippen molar-refractivity contribution < 1.29 is 14.3 Å². The molecule has 0 bridgehead atoms. The summed E-state index contributed by atoms with van der Waals surface area (Å²) < 4.78 is 5.03. The van der Waals surface area contributed by atoms with Crippen LogP contribution in [-0.2, 0) is 14.3 Å². The number of carbonyl (C=O) groups excluding carboxylic acids is 2. The second-order valence-corrected chi connectivity index (χ2v) is 4.67. The highest BCUT2D eigenvalue weighted by molar-refractivity contribution is 5.76. The van der Waals surface area contributed by atoms with Crippen molar-refractivity contribution in [3.63, 3.8) is 0 Å². The van der Waals surface area contributed by atoms with Crippen molar-refractivity contribution >= 4 is 11.9 Å². The zero-order chi connectivity index (χ0) is 15.1. The van der Waals surface area contributed by atoms with Gasteiger partial charge in [-0.1, -0.05) is 35.7 Å². The molecule has 1 rings (SSSR count). The van der Waals surface area contributed by atoms with E-state index in [1.807, 2.05) is 31.2 Å². The van der Waals surface area contributed by atoms with Crippen LogP contribution in [0.5, 0.6) is 0 Å². The Hall–Kier alpha value is -2.28. The quantitative estimate of drug-likeness (QED) is 0.660. The van der Waals surface area contributed by atoms with Gasteiger partial charge in [0.2, 0.25) is 5.91 Å². The van der Waals surface area contributed by atoms with Gasteiger partial charge < -0.3 is 10.1 Å². The lowest BCUT2D eigenvalue weighted by Crippen LogP contribution is -2.29. The molecule has 0 aliphatic carbocycles. The molecule has 4 heteroatoms. The average molecular weight is 273 g/mol. The fraction of sp³-hybridized carbons (Fsp3) is 0.375. The zero-order valence-electron chi connectivity index (χ0n) is 12.0. The third-order valence-corrected chi connectivity index (χ3v) is 2.77. The molecular formula is C16H19NO3. The number of aryl methyl sites for hydroxylation is 1. The molecule has 4 nitrogen and oxygen atoms in total. The van der Waals surface area contributed by atoms with Gasteiger partial charge in [-0.2, -0.15) is 0 Å². The number of benzene rings is 1. The summed E-state index contributed by atoms with van der Waals surface area (Å²) in [5.41, 5.74) is 1.97. The summed E-state index contributed by atoms with van der Waals surface area (Å²) in [6, 6.07) is 7.21. The van der Waals surface area contributed by atoms with E-state index in [2.05, 4.69) is 11.2 Å². The van der Waals surface area contributed by atoms with Crippen molar-refractivity contribution in [3.8, 4) is 12.3 Å². The molecule has 0 fully saturated rings.